The zero-order valence-corrected chi connectivity index (χ0v) is 11.0. The van der Waals surface area contributed by atoms with Crippen LogP contribution >= 0.6 is 0 Å². The standard InChI is InChI=1S/C13H28N2O/c1-3-13(12-16,14-4-2)8-7-11-15-9-5-6-10-15/h14,16H,3-12H2,1-2H3. The van der Waals surface area contributed by atoms with Gasteiger partial charge in [-0.1, -0.05) is 13.8 Å². The summed E-state index contributed by atoms with van der Waals surface area (Å²) in [7, 11) is 0. The number of aliphatic hydroxyl groups is 1. The lowest BCUT2D eigenvalue weighted by Crippen LogP contribution is -2.48. The third-order valence-electron chi connectivity index (χ3n) is 3.86. The molecule has 1 saturated heterocycles. The van der Waals surface area contributed by atoms with E-state index in [4.69, 9.17) is 0 Å². The first kappa shape index (κ1) is 13.9. The highest BCUT2D eigenvalue weighted by Crippen LogP contribution is 2.18. The topological polar surface area (TPSA) is 35.5 Å². The van der Waals surface area contributed by atoms with Crippen molar-refractivity contribution in [1.82, 2.24) is 10.2 Å². The van der Waals surface area contributed by atoms with Crippen molar-refractivity contribution in [2.45, 2.75) is 51.5 Å². The van der Waals surface area contributed by atoms with Gasteiger partial charge in [-0.05, 0) is 58.3 Å². The summed E-state index contributed by atoms with van der Waals surface area (Å²) >= 11 is 0. The molecule has 1 fully saturated rings. The molecule has 1 rings (SSSR count). The Bertz CT molecular complexity index is 175. The van der Waals surface area contributed by atoms with Crippen molar-refractivity contribution < 1.29 is 5.11 Å². The molecule has 0 aromatic carbocycles. The van der Waals surface area contributed by atoms with E-state index >= 15 is 0 Å². The van der Waals surface area contributed by atoms with Gasteiger partial charge in [0.2, 0.25) is 0 Å². The van der Waals surface area contributed by atoms with Crippen molar-refractivity contribution in [2.24, 2.45) is 0 Å². The Morgan fingerprint density at radius 2 is 1.94 bits per heavy atom. The second-order valence-electron chi connectivity index (χ2n) is 4.97. The fourth-order valence-electron chi connectivity index (χ4n) is 2.66. The zero-order valence-electron chi connectivity index (χ0n) is 11.0. The maximum absolute atomic E-state index is 9.52. The molecule has 0 bridgehead atoms. The van der Waals surface area contributed by atoms with Crippen LogP contribution in [0.2, 0.25) is 0 Å². The van der Waals surface area contributed by atoms with E-state index in [0.717, 1.165) is 19.4 Å². The molecule has 0 amide bonds. The lowest BCUT2D eigenvalue weighted by atomic mass is 9.91. The van der Waals surface area contributed by atoms with Crippen LogP contribution < -0.4 is 5.32 Å². The van der Waals surface area contributed by atoms with Gasteiger partial charge in [0, 0.05) is 5.54 Å². The minimum Gasteiger partial charge on any atom is -0.394 e. The van der Waals surface area contributed by atoms with E-state index in [0.29, 0.717) is 0 Å². The fraction of sp³-hybridized carbons (Fsp3) is 1.00. The highest BCUT2D eigenvalue weighted by Gasteiger charge is 2.25. The number of nitrogens with zero attached hydrogens (tertiary/aromatic N) is 1. The molecule has 1 heterocycles. The average molecular weight is 228 g/mol. The third-order valence-corrected chi connectivity index (χ3v) is 3.86. The normalized spacial score (nSPS) is 21.2. The first-order chi connectivity index (χ1) is 7.76. The molecule has 0 radical (unpaired) electrons. The predicted octanol–water partition coefficient (Wildman–Crippen LogP) is 1.61. The number of likely N-dealkylation sites (N-methyl/N-ethyl adjacent to an activating group) is 1. The van der Waals surface area contributed by atoms with Crippen molar-refractivity contribution in [3.63, 3.8) is 0 Å². The number of hydrogen-bond donors (Lipinski definition) is 2. The number of likely N-dealkylation sites (tertiary alicyclic amines) is 1. The summed E-state index contributed by atoms with van der Waals surface area (Å²) in [5, 5.41) is 13.0. The molecule has 0 aliphatic carbocycles. The number of hydrogen-bond acceptors (Lipinski definition) is 3. The predicted molar refractivity (Wildman–Crippen MR) is 68.7 cm³/mol. The van der Waals surface area contributed by atoms with E-state index < -0.39 is 0 Å². The molecule has 0 aromatic heterocycles. The van der Waals surface area contributed by atoms with Crippen molar-refractivity contribution in [2.75, 3.05) is 32.8 Å². The number of nitrogens with one attached hydrogen (secondary N) is 1. The van der Waals surface area contributed by atoms with Crippen LogP contribution in [0, 0.1) is 0 Å². The minimum atomic E-state index is -0.0333. The lowest BCUT2D eigenvalue weighted by Gasteiger charge is -2.32. The first-order valence-corrected chi connectivity index (χ1v) is 6.84. The molecular formula is C13H28N2O. The van der Waals surface area contributed by atoms with E-state index in [1.807, 2.05) is 0 Å². The number of rotatable bonds is 8. The maximum atomic E-state index is 9.52. The average Bonchev–Trinajstić information content (AvgIpc) is 2.81. The van der Waals surface area contributed by atoms with E-state index in [-0.39, 0.29) is 12.1 Å². The molecule has 0 spiro atoms. The van der Waals surface area contributed by atoms with Crippen molar-refractivity contribution >= 4 is 0 Å². The molecule has 1 aliphatic rings. The third kappa shape index (κ3) is 4.04. The Balaban J connectivity index is 2.25. The van der Waals surface area contributed by atoms with Crippen LogP contribution in [-0.2, 0) is 0 Å². The summed E-state index contributed by atoms with van der Waals surface area (Å²) in [5.41, 5.74) is -0.0333. The molecule has 16 heavy (non-hydrogen) atoms. The zero-order chi connectivity index (χ0) is 11.9. The Morgan fingerprint density at radius 3 is 2.44 bits per heavy atom. The van der Waals surface area contributed by atoms with Gasteiger partial charge in [-0.25, -0.2) is 0 Å². The molecule has 1 aliphatic heterocycles. The monoisotopic (exact) mass is 228 g/mol. The number of aliphatic hydroxyl groups excluding tert-OH is 1. The van der Waals surface area contributed by atoms with E-state index in [1.54, 1.807) is 0 Å². The molecule has 0 aromatic rings. The first-order valence-electron chi connectivity index (χ1n) is 6.84. The summed E-state index contributed by atoms with van der Waals surface area (Å²) in [6.07, 6.45) is 6.03. The molecular weight excluding hydrogens is 200 g/mol. The highest BCUT2D eigenvalue weighted by molar-refractivity contribution is 4.86. The molecule has 1 unspecified atom stereocenters. The van der Waals surface area contributed by atoms with Crippen molar-refractivity contribution in [1.29, 1.82) is 0 Å². The largest absolute Gasteiger partial charge is 0.394 e. The lowest BCUT2D eigenvalue weighted by molar-refractivity contribution is 0.142. The molecule has 0 saturated carbocycles. The Hall–Kier alpha value is -0.120. The SMILES string of the molecule is CCNC(CC)(CO)CCCN1CCCC1. The van der Waals surface area contributed by atoms with E-state index in [2.05, 4.69) is 24.1 Å². The summed E-state index contributed by atoms with van der Waals surface area (Å²) in [6, 6.07) is 0. The van der Waals surface area contributed by atoms with Crippen LogP contribution in [0.1, 0.15) is 46.0 Å². The second kappa shape index (κ2) is 7.25. The van der Waals surface area contributed by atoms with Gasteiger partial charge in [0.05, 0.1) is 6.61 Å². The molecule has 3 heteroatoms. The van der Waals surface area contributed by atoms with Crippen LogP contribution in [0.4, 0.5) is 0 Å². The summed E-state index contributed by atoms with van der Waals surface area (Å²) in [5.74, 6) is 0. The second-order valence-corrected chi connectivity index (χ2v) is 4.97. The maximum Gasteiger partial charge on any atom is 0.0613 e. The van der Waals surface area contributed by atoms with E-state index in [9.17, 15) is 5.11 Å². The molecule has 3 nitrogen and oxygen atoms in total. The quantitative estimate of drug-likeness (QED) is 0.662. The van der Waals surface area contributed by atoms with E-state index in [1.165, 1.54) is 38.9 Å². The van der Waals surface area contributed by atoms with Gasteiger partial charge in [-0.15, -0.1) is 0 Å². The van der Waals surface area contributed by atoms with Crippen LogP contribution in [0.5, 0.6) is 0 Å². The van der Waals surface area contributed by atoms with Gasteiger partial charge in [-0.2, -0.15) is 0 Å². The fourth-order valence-corrected chi connectivity index (χ4v) is 2.66. The smallest absolute Gasteiger partial charge is 0.0613 e. The van der Waals surface area contributed by atoms with Crippen LogP contribution in [0.25, 0.3) is 0 Å². The minimum absolute atomic E-state index is 0.0333. The summed E-state index contributed by atoms with van der Waals surface area (Å²) in [6.45, 7) is 9.23. The molecule has 1 atom stereocenters. The Kier molecular flexibility index (Phi) is 6.32. The van der Waals surface area contributed by atoms with Crippen molar-refractivity contribution in [3.8, 4) is 0 Å². The summed E-state index contributed by atoms with van der Waals surface area (Å²) in [4.78, 5) is 2.55. The molecule has 2 N–H and O–H groups in total. The van der Waals surface area contributed by atoms with Gasteiger partial charge in [0.1, 0.15) is 0 Å². The Morgan fingerprint density at radius 1 is 1.25 bits per heavy atom. The van der Waals surface area contributed by atoms with Crippen LogP contribution in [0.15, 0.2) is 0 Å². The van der Waals surface area contributed by atoms with Gasteiger partial charge in [0.25, 0.3) is 0 Å². The van der Waals surface area contributed by atoms with Gasteiger partial charge < -0.3 is 15.3 Å². The molecule has 96 valence electrons. The summed E-state index contributed by atoms with van der Waals surface area (Å²) < 4.78 is 0. The van der Waals surface area contributed by atoms with Crippen LogP contribution in [0.3, 0.4) is 0 Å². The van der Waals surface area contributed by atoms with Gasteiger partial charge >= 0.3 is 0 Å². The highest BCUT2D eigenvalue weighted by atomic mass is 16.3. The van der Waals surface area contributed by atoms with Gasteiger partial charge in [0.15, 0.2) is 0 Å². The Labute approximate surface area is 100 Å². The van der Waals surface area contributed by atoms with Gasteiger partial charge in [-0.3, -0.25) is 0 Å². The van der Waals surface area contributed by atoms with Crippen molar-refractivity contribution in [3.05, 3.63) is 0 Å². The van der Waals surface area contributed by atoms with Crippen LogP contribution in [-0.4, -0.2) is 48.3 Å².